The molecule has 2 heterocycles. The monoisotopic (exact) mass is 304 g/mol. The molecule has 122 valence electrons. The topological polar surface area (TPSA) is 48.5 Å². The smallest absolute Gasteiger partial charge is 0.317 e. The number of hydrogen-bond acceptors (Lipinski definition) is 3. The molecular weight excluding hydrogens is 276 g/mol. The number of aryl methyl sites for hydroxylation is 1. The fourth-order valence-corrected chi connectivity index (χ4v) is 3.04. The summed E-state index contributed by atoms with van der Waals surface area (Å²) in [5.41, 5.74) is 2.18. The van der Waals surface area contributed by atoms with Gasteiger partial charge in [-0.2, -0.15) is 0 Å². The first-order valence-electron chi connectivity index (χ1n) is 8.32. The van der Waals surface area contributed by atoms with Crippen molar-refractivity contribution < 1.29 is 4.79 Å². The van der Waals surface area contributed by atoms with Crippen molar-refractivity contribution in [2.45, 2.75) is 39.7 Å². The highest BCUT2D eigenvalue weighted by Crippen LogP contribution is 2.15. The van der Waals surface area contributed by atoms with Crippen molar-refractivity contribution in [1.29, 1.82) is 0 Å². The molecule has 0 saturated carbocycles. The first kappa shape index (κ1) is 16.7. The largest absolute Gasteiger partial charge is 0.338 e. The zero-order valence-corrected chi connectivity index (χ0v) is 14.0. The molecule has 1 atom stereocenters. The Morgan fingerprint density at radius 3 is 2.82 bits per heavy atom. The van der Waals surface area contributed by atoms with Crippen molar-refractivity contribution in [1.82, 2.24) is 20.1 Å². The molecule has 5 nitrogen and oxygen atoms in total. The van der Waals surface area contributed by atoms with E-state index in [1.165, 1.54) is 0 Å². The molecule has 1 aliphatic rings. The summed E-state index contributed by atoms with van der Waals surface area (Å²) in [6, 6.07) is 4.66. The van der Waals surface area contributed by atoms with E-state index in [9.17, 15) is 4.79 Å². The molecule has 5 heteroatoms. The molecule has 2 rings (SSSR count). The number of aromatic nitrogens is 1. The minimum Gasteiger partial charge on any atom is -0.338 e. The zero-order valence-electron chi connectivity index (χ0n) is 14.0. The van der Waals surface area contributed by atoms with Gasteiger partial charge in [0.2, 0.25) is 0 Å². The number of rotatable bonds is 6. The third-order valence-corrected chi connectivity index (χ3v) is 4.44. The number of likely N-dealkylation sites (N-methyl/N-ethyl adjacent to an activating group) is 1. The van der Waals surface area contributed by atoms with Crippen LogP contribution in [-0.4, -0.2) is 59.6 Å². The molecule has 1 fully saturated rings. The van der Waals surface area contributed by atoms with Crippen LogP contribution in [0.2, 0.25) is 0 Å². The van der Waals surface area contributed by atoms with Crippen LogP contribution >= 0.6 is 0 Å². The maximum absolute atomic E-state index is 12.2. The maximum atomic E-state index is 12.2. The van der Waals surface area contributed by atoms with Crippen LogP contribution in [0.25, 0.3) is 0 Å². The van der Waals surface area contributed by atoms with E-state index in [4.69, 9.17) is 0 Å². The number of likely N-dealkylation sites (tertiary alicyclic amines) is 1. The molecule has 0 bridgehead atoms. The first-order chi connectivity index (χ1) is 10.6. The molecule has 1 N–H and O–H groups in total. The third kappa shape index (κ3) is 4.44. The second-order valence-corrected chi connectivity index (χ2v) is 5.90. The van der Waals surface area contributed by atoms with Crippen molar-refractivity contribution in [2.24, 2.45) is 0 Å². The SMILES string of the molecule is CCN(CC)[C@H]1CCN(C(=O)NCCc2ccc(C)nc2)C1. The highest BCUT2D eigenvalue weighted by molar-refractivity contribution is 5.74. The maximum Gasteiger partial charge on any atom is 0.317 e. The fraction of sp³-hybridized carbons (Fsp3) is 0.647. The molecule has 0 radical (unpaired) electrons. The summed E-state index contributed by atoms with van der Waals surface area (Å²) in [4.78, 5) is 20.9. The minimum absolute atomic E-state index is 0.0646. The van der Waals surface area contributed by atoms with Gasteiger partial charge in [-0.05, 0) is 44.5 Å². The normalized spacial score (nSPS) is 18.0. The van der Waals surface area contributed by atoms with Crippen LogP contribution in [0.5, 0.6) is 0 Å². The Morgan fingerprint density at radius 1 is 1.41 bits per heavy atom. The summed E-state index contributed by atoms with van der Waals surface area (Å²) in [7, 11) is 0. The molecule has 0 aliphatic carbocycles. The fourth-order valence-electron chi connectivity index (χ4n) is 3.04. The van der Waals surface area contributed by atoms with E-state index in [-0.39, 0.29) is 6.03 Å². The van der Waals surface area contributed by atoms with Gasteiger partial charge in [-0.25, -0.2) is 4.79 Å². The number of pyridine rings is 1. The Hall–Kier alpha value is -1.62. The molecule has 2 amide bonds. The summed E-state index contributed by atoms with van der Waals surface area (Å²) < 4.78 is 0. The van der Waals surface area contributed by atoms with Crippen LogP contribution < -0.4 is 5.32 Å². The van der Waals surface area contributed by atoms with E-state index in [1.807, 2.05) is 24.1 Å². The van der Waals surface area contributed by atoms with E-state index in [2.05, 4.69) is 35.1 Å². The zero-order chi connectivity index (χ0) is 15.9. The van der Waals surface area contributed by atoms with E-state index in [0.29, 0.717) is 12.6 Å². The average molecular weight is 304 g/mol. The quantitative estimate of drug-likeness (QED) is 0.875. The molecule has 0 unspecified atom stereocenters. The Kier molecular flexibility index (Phi) is 6.19. The number of amides is 2. The van der Waals surface area contributed by atoms with Crippen molar-refractivity contribution >= 4 is 6.03 Å². The first-order valence-corrected chi connectivity index (χ1v) is 8.32. The number of hydrogen-bond donors (Lipinski definition) is 1. The van der Waals surface area contributed by atoms with Gasteiger partial charge >= 0.3 is 6.03 Å². The summed E-state index contributed by atoms with van der Waals surface area (Å²) in [6.45, 7) is 10.8. The lowest BCUT2D eigenvalue weighted by molar-refractivity contribution is 0.193. The third-order valence-electron chi connectivity index (χ3n) is 4.44. The molecular formula is C17H28N4O. The van der Waals surface area contributed by atoms with E-state index in [0.717, 1.165) is 50.3 Å². The van der Waals surface area contributed by atoms with Gasteiger partial charge in [0.05, 0.1) is 0 Å². The molecule has 22 heavy (non-hydrogen) atoms. The Morgan fingerprint density at radius 2 is 2.18 bits per heavy atom. The van der Waals surface area contributed by atoms with Crippen molar-refractivity contribution in [3.05, 3.63) is 29.6 Å². The average Bonchev–Trinajstić information content (AvgIpc) is 3.00. The van der Waals surface area contributed by atoms with Crippen molar-refractivity contribution in [3.63, 3.8) is 0 Å². The Labute approximate surface area is 133 Å². The second-order valence-electron chi connectivity index (χ2n) is 5.90. The van der Waals surface area contributed by atoms with Crippen LogP contribution in [-0.2, 0) is 6.42 Å². The second kappa shape index (κ2) is 8.13. The van der Waals surface area contributed by atoms with Gasteiger partial charge in [-0.3, -0.25) is 9.88 Å². The lowest BCUT2D eigenvalue weighted by Crippen LogP contribution is -2.42. The molecule has 1 aromatic heterocycles. The van der Waals surface area contributed by atoms with Gasteiger partial charge in [-0.1, -0.05) is 19.9 Å². The van der Waals surface area contributed by atoms with Crippen molar-refractivity contribution in [3.8, 4) is 0 Å². The number of nitrogens with zero attached hydrogens (tertiary/aromatic N) is 3. The van der Waals surface area contributed by atoms with Gasteiger partial charge < -0.3 is 10.2 Å². The van der Waals surface area contributed by atoms with Crippen molar-refractivity contribution in [2.75, 3.05) is 32.7 Å². The van der Waals surface area contributed by atoms with E-state index in [1.54, 1.807) is 0 Å². The summed E-state index contributed by atoms with van der Waals surface area (Å²) in [5, 5.41) is 3.02. The van der Waals surface area contributed by atoms with Crippen LogP contribution in [0.15, 0.2) is 18.3 Å². The number of nitrogens with one attached hydrogen (secondary N) is 1. The number of carbonyl (C=O) groups excluding carboxylic acids is 1. The number of urea groups is 1. The van der Waals surface area contributed by atoms with Crippen LogP contribution in [0.3, 0.4) is 0 Å². The standard InChI is InChI=1S/C17H28N4O/c1-4-20(5-2)16-9-11-21(13-16)17(22)18-10-8-15-7-6-14(3)19-12-15/h6-7,12,16H,4-5,8-11,13H2,1-3H3,(H,18,22)/t16-/m0/s1. The summed E-state index contributed by atoms with van der Waals surface area (Å²) >= 11 is 0. The minimum atomic E-state index is 0.0646. The lowest BCUT2D eigenvalue weighted by atomic mass is 10.2. The van der Waals surface area contributed by atoms with Crippen LogP contribution in [0, 0.1) is 6.92 Å². The molecule has 1 aliphatic heterocycles. The highest BCUT2D eigenvalue weighted by atomic mass is 16.2. The number of carbonyl (C=O) groups is 1. The Bertz CT molecular complexity index is 470. The summed E-state index contributed by atoms with van der Waals surface area (Å²) in [5.74, 6) is 0. The molecule has 1 aromatic rings. The van der Waals surface area contributed by atoms with Gasteiger partial charge in [0, 0.05) is 37.6 Å². The molecule has 1 saturated heterocycles. The van der Waals surface area contributed by atoms with Gasteiger partial charge in [0.1, 0.15) is 0 Å². The van der Waals surface area contributed by atoms with Gasteiger partial charge in [-0.15, -0.1) is 0 Å². The van der Waals surface area contributed by atoms with Gasteiger partial charge in [0.25, 0.3) is 0 Å². The highest BCUT2D eigenvalue weighted by Gasteiger charge is 2.28. The van der Waals surface area contributed by atoms with Crippen LogP contribution in [0.1, 0.15) is 31.5 Å². The predicted octanol–water partition coefficient (Wildman–Crippen LogP) is 2.06. The molecule has 0 aromatic carbocycles. The summed E-state index contributed by atoms with van der Waals surface area (Å²) in [6.07, 6.45) is 3.79. The Balaban J connectivity index is 1.73. The van der Waals surface area contributed by atoms with Crippen LogP contribution in [0.4, 0.5) is 4.79 Å². The van der Waals surface area contributed by atoms with E-state index >= 15 is 0 Å². The molecule has 0 spiro atoms. The van der Waals surface area contributed by atoms with Gasteiger partial charge in [0.15, 0.2) is 0 Å². The lowest BCUT2D eigenvalue weighted by Gasteiger charge is -2.26. The van der Waals surface area contributed by atoms with E-state index < -0.39 is 0 Å². The predicted molar refractivity (Wildman–Crippen MR) is 89.0 cm³/mol.